The zero-order chi connectivity index (χ0) is 9.68. The van der Waals surface area contributed by atoms with Crippen LogP contribution >= 0.6 is 0 Å². The summed E-state index contributed by atoms with van der Waals surface area (Å²) in [4.78, 5) is 10.5. The third-order valence-electron chi connectivity index (χ3n) is 1.50. The van der Waals surface area contributed by atoms with Crippen molar-refractivity contribution in [2.24, 2.45) is 0 Å². The monoisotopic (exact) mass is 175 g/mol. The molecule has 0 bridgehead atoms. The Labute approximate surface area is 76.4 Å². The fraction of sp³-hybridized carbons (Fsp3) is 0.100. The van der Waals surface area contributed by atoms with Gasteiger partial charge in [0.05, 0.1) is 0 Å². The van der Waals surface area contributed by atoms with Crippen molar-refractivity contribution >= 4 is 11.7 Å². The number of benzene rings is 1. The molecule has 0 fully saturated rings. The maximum atomic E-state index is 10.5. The largest absolute Gasteiger partial charge is 0.479 e. The first-order valence-electron chi connectivity index (χ1n) is 3.74. The SMILES string of the molecule is C#CC(Nc1ccccc1)C(=O)O. The second kappa shape index (κ2) is 4.17. The summed E-state index contributed by atoms with van der Waals surface area (Å²) >= 11 is 0. The zero-order valence-electron chi connectivity index (χ0n) is 6.90. The van der Waals surface area contributed by atoms with Crippen molar-refractivity contribution in [3.63, 3.8) is 0 Å². The minimum atomic E-state index is -1.05. The van der Waals surface area contributed by atoms with E-state index in [-0.39, 0.29) is 0 Å². The van der Waals surface area contributed by atoms with Gasteiger partial charge in [0.25, 0.3) is 0 Å². The number of rotatable bonds is 3. The zero-order valence-corrected chi connectivity index (χ0v) is 6.90. The Kier molecular flexibility index (Phi) is 2.93. The Morgan fingerprint density at radius 3 is 2.54 bits per heavy atom. The maximum absolute atomic E-state index is 10.5. The minimum Gasteiger partial charge on any atom is -0.479 e. The van der Waals surface area contributed by atoms with E-state index in [2.05, 4.69) is 11.2 Å². The summed E-state index contributed by atoms with van der Waals surface area (Å²) in [5.41, 5.74) is 0.702. The quantitative estimate of drug-likeness (QED) is 0.678. The van der Waals surface area contributed by atoms with Gasteiger partial charge < -0.3 is 10.4 Å². The Morgan fingerprint density at radius 2 is 2.08 bits per heavy atom. The minimum absolute atomic E-state index is 0.702. The van der Waals surface area contributed by atoms with Crippen molar-refractivity contribution in [1.82, 2.24) is 0 Å². The Hall–Kier alpha value is -1.95. The summed E-state index contributed by atoms with van der Waals surface area (Å²) in [5.74, 6) is 1.09. The van der Waals surface area contributed by atoms with Gasteiger partial charge in [-0.3, -0.25) is 0 Å². The van der Waals surface area contributed by atoms with Crippen LogP contribution in [-0.2, 0) is 4.79 Å². The number of hydrogen-bond acceptors (Lipinski definition) is 2. The van der Waals surface area contributed by atoms with Crippen LogP contribution in [0.5, 0.6) is 0 Å². The average molecular weight is 175 g/mol. The van der Waals surface area contributed by atoms with Crippen LogP contribution in [0.1, 0.15) is 0 Å². The molecule has 0 spiro atoms. The van der Waals surface area contributed by atoms with E-state index in [9.17, 15) is 4.79 Å². The van der Waals surface area contributed by atoms with Gasteiger partial charge in [-0.2, -0.15) is 0 Å². The van der Waals surface area contributed by atoms with Crippen LogP contribution in [0.3, 0.4) is 0 Å². The molecule has 0 saturated heterocycles. The van der Waals surface area contributed by atoms with Crippen LogP contribution in [0, 0.1) is 12.3 Å². The van der Waals surface area contributed by atoms with E-state index in [1.54, 1.807) is 24.3 Å². The molecule has 0 saturated carbocycles. The molecule has 0 heterocycles. The Balaban J connectivity index is 2.69. The highest BCUT2D eigenvalue weighted by atomic mass is 16.4. The summed E-state index contributed by atoms with van der Waals surface area (Å²) in [6.07, 6.45) is 5.03. The van der Waals surface area contributed by atoms with Gasteiger partial charge in [-0.05, 0) is 12.1 Å². The van der Waals surface area contributed by atoms with Crippen molar-refractivity contribution < 1.29 is 9.90 Å². The number of hydrogen-bond donors (Lipinski definition) is 2. The highest BCUT2D eigenvalue weighted by Crippen LogP contribution is 2.06. The predicted molar refractivity (Wildman–Crippen MR) is 50.3 cm³/mol. The molecule has 0 radical (unpaired) electrons. The first-order valence-corrected chi connectivity index (χ1v) is 3.74. The highest BCUT2D eigenvalue weighted by molar-refractivity contribution is 5.81. The molecule has 2 N–H and O–H groups in total. The Bertz CT molecular complexity index is 327. The summed E-state index contributed by atoms with van der Waals surface area (Å²) in [5, 5.41) is 11.3. The molecule has 0 aliphatic heterocycles. The van der Waals surface area contributed by atoms with Gasteiger partial charge in [-0.15, -0.1) is 6.42 Å². The highest BCUT2D eigenvalue weighted by Gasteiger charge is 2.12. The molecular weight excluding hydrogens is 166 g/mol. The molecule has 1 rings (SSSR count). The molecule has 1 atom stereocenters. The fourth-order valence-electron chi connectivity index (χ4n) is 0.876. The van der Waals surface area contributed by atoms with Crippen molar-refractivity contribution in [1.29, 1.82) is 0 Å². The lowest BCUT2D eigenvalue weighted by Gasteiger charge is -2.08. The van der Waals surface area contributed by atoms with Crippen LogP contribution in [0.25, 0.3) is 0 Å². The maximum Gasteiger partial charge on any atom is 0.338 e. The second-order valence-corrected chi connectivity index (χ2v) is 2.45. The molecule has 1 aromatic rings. The number of anilines is 1. The lowest BCUT2D eigenvalue weighted by molar-refractivity contribution is -0.136. The van der Waals surface area contributed by atoms with Crippen LogP contribution < -0.4 is 5.32 Å². The molecule has 0 aromatic heterocycles. The standard InChI is InChI=1S/C10H9NO2/c1-2-9(10(12)13)11-8-6-4-3-5-7-8/h1,3-7,9,11H,(H,12,13). The number of aliphatic carboxylic acids is 1. The van der Waals surface area contributed by atoms with Crippen molar-refractivity contribution in [3.8, 4) is 12.3 Å². The topological polar surface area (TPSA) is 49.3 Å². The molecule has 0 aliphatic rings. The van der Waals surface area contributed by atoms with Crippen LogP contribution in [0.15, 0.2) is 30.3 Å². The van der Waals surface area contributed by atoms with Gasteiger partial charge in [0, 0.05) is 5.69 Å². The van der Waals surface area contributed by atoms with Gasteiger partial charge in [0.15, 0.2) is 6.04 Å². The summed E-state index contributed by atoms with van der Waals surface area (Å²) in [6.45, 7) is 0. The van der Waals surface area contributed by atoms with Crippen molar-refractivity contribution in [2.45, 2.75) is 6.04 Å². The molecule has 3 nitrogen and oxygen atoms in total. The van der Waals surface area contributed by atoms with E-state index in [1.165, 1.54) is 0 Å². The van der Waals surface area contributed by atoms with E-state index >= 15 is 0 Å². The van der Waals surface area contributed by atoms with E-state index in [0.717, 1.165) is 0 Å². The second-order valence-electron chi connectivity index (χ2n) is 2.45. The summed E-state index contributed by atoms with van der Waals surface area (Å²) in [6, 6.07) is 8.00. The van der Waals surface area contributed by atoms with Crippen LogP contribution in [-0.4, -0.2) is 17.1 Å². The van der Waals surface area contributed by atoms with Crippen LogP contribution in [0.4, 0.5) is 5.69 Å². The molecule has 0 aliphatic carbocycles. The predicted octanol–water partition coefficient (Wildman–Crippen LogP) is 1.18. The lowest BCUT2D eigenvalue weighted by atomic mass is 10.2. The summed E-state index contributed by atoms with van der Waals surface area (Å²) in [7, 11) is 0. The number of terminal acetylenes is 1. The molecular formula is C10H9NO2. The van der Waals surface area contributed by atoms with E-state index in [4.69, 9.17) is 11.5 Å². The number of carbonyl (C=O) groups is 1. The van der Waals surface area contributed by atoms with Gasteiger partial charge in [-0.25, -0.2) is 4.79 Å². The normalized spacial score (nSPS) is 11.3. The van der Waals surface area contributed by atoms with E-state index < -0.39 is 12.0 Å². The number of nitrogens with one attached hydrogen (secondary N) is 1. The van der Waals surface area contributed by atoms with Gasteiger partial charge in [0.2, 0.25) is 0 Å². The first kappa shape index (κ1) is 9.14. The number of carboxylic acid groups (broad SMARTS) is 1. The fourth-order valence-corrected chi connectivity index (χ4v) is 0.876. The van der Waals surface area contributed by atoms with E-state index in [0.29, 0.717) is 5.69 Å². The third-order valence-corrected chi connectivity index (χ3v) is 1.50. The van der Waals surface area contributed by atoms with Gasteiger partial charge in [-0.1, -0.05) is 24.1 Å². The molecule has 3 heteroatoms. The van der Waals surface area contributed by atoms with Crippen molar-refractivity contribution in [2.75, 3.05) is 5.32 Å². The first-order chi connectivity index (χ1) is 6.24. The molecule has 1 aromatic carbocycles. The molecule has 13 heavy (non-hydrogen) atoms. The Morgan fingerprint density at radius 1 is 1.46 bits per heavy atom. The number of carboxylic acids is 1. The number of para-hydroxylation sites is 1. The van der Waals surface area contributed by atoms with Crippen molar-refractivity contribution in [3.05, 3.63) is 30.3 Å². The third kappa shape index (κ3) is 2.53. The molecule has 0 amide bonds. The smallest absolute Gasteiger partial charge is 0.338 e. The lowest BCUT2D eigenvalue weighted by Crippen LogP contribution is -2.27. The molecule has 1 unspecified atom stereocenters. The van der Waals surface area contributed by atoms with E-state index in [1.807, 2.05) is 6.07 Å². The average Bonchev–Trinajstić information content (AvgIpc) is 2.15. The summed E-state index contributed by atoms with van der Waals surface area (Å²) < 4.78 is 0. The van der Waals surface area contributed by atoms with Gasteiger partial charge >= 0.3 is 5.97 Å². The van der Waals surface area contributed by atoms with Gasteiger partial charge in [0.1, 0.15) is 0 Å². The molecule has 66 valence electrons. The van der Waals surface area contributed by atoms with Crippen LogP contribution in [0.2, 0.25) is 0 Å².